The lowest BCUT2D eigenvalue weighted by Gasteiger charge is -2.31. The third-order valence-electron chi connectivity index (χ3n) is 15.5. The van der Waals surface area contributed by atoms with E-state index >= 15 is 0 Å². The molecule has 0 aliphatic carbocycles. The maximum absolute atomic E-state index is 15.0. The molecule has 4 aliphatic heterocycles. The zero-order chi connectivity index (χ0) is 69.5. The number of benzene rings is 1. The summed E-state index contributed by atoms with van der Waals surface area (Å²) in [5.41, 5.74) is 12.4. The van der Waals surface area contributed by atoms with Gasteiger partial charge < -0.3 is 95.4 Å². The lowest BCUT2D eigenvalue weighted by molar-refractivity contribution is -0.142. The average Bonchev–Trinajstić information content (AvgIpc) is 1.71. The first-order valence-corrected chi connectivity index (χ1v) is 36.0. The third-order valence-corrected chi connectivity index (χ3v) is 20.3. The number of carbonyl (C=O) groups is 14. The normalized spacial score (nSPS) is 26.4. The number of carbonyl (C=O) groups excluding carboxylic acids is 14. The van der Waals surface area contributed by atoms with Crippen molar-refractivity contribution in [2.24, 2.45) is 23.3 Å². The predicted octanol–water partition coefficient (Wildman–Crippen LogP) is -5.16. The fourth-order valence-corrected chi connectivity index (χ4v) is 15.0. The Labute approximate surface area is 563 Å². The fraction of sp³-hybridized carbons (Fsp3) is 0.603. The second-order valence-electron chi connectivity index (χ2n) is 23.9. The quantitative estimate of drug-likeness (QED) is 0.0490. The van der Waals surface area contributed by atoms with Crippen LogP contribution in [0.25, 0.3) is 0 Å². The highest BCUT2D eigenvalue weighted by Gasteiger charge is 2.44. The molecule has 19 N–H and O–H groups in total. The number of phenols is 1. The summed E-state index contributed by atoms with van der Waals surface area (Å²) in [6.45, 7) is 5.14. The number of nitrogens with zero attached hydrogens (tertiary/aromatic N) is 2. The van der Waals surface area contributed by atoms with Crippen molar-refractivity contribution in [2.45, 2.75) is 158 Å². The first-order chi connectivity index (χ1) is 45.2. The number of amides is 14. The number of hydrogen-bond acceptors (Lipinski definition) is 22. The molecule has 2 bridgehead atoms. The number of aliphatic hydroxyl groups excluding tert-OH is 1. The molecule has 1 aromatic heterocycles. The smallest absolute Gasteiger partial charge is 0.246 e. The SMILES string of the molecule is CC(C)C[C@@H]1NC(=O)[C@H](CCCCN)NC(=O)[C@H](Cc2ccc(O)cc2)NC(=O)CNC(=O)[C@@H]2CSSC[C@H](NC1=O)C(=O)N[C@@H](Cc1cnc[nH]1)C(=O)N1C[C@H](O)C[C@H]1C(=O)N[C@@H](C(N)=O)CSSC[C@@H](NC(=O)[C@@H](NC(=O)CNC(=O)[C@@H]1CCC(=O)N1)C(C)C)C(=O)N2. The number of primary amides is 1. The first kappa shape index (κ1) is 76.2. The van der Waals surface area contributed by atoms with Crippen LogP contribution in [-0.2, 0) is 80.0 Å². The van der Waals surface area contributed by atoms with Crippen LogP contribution in [0.3, 0.4) is 0 Å². The summed E-state index contributed by atoms with van der Waals surface area (Å²) in [4.78, 5) is 204. The van der Waals surface area contributed by atoms with E-state index in [0.29, 0.717) is 24.1 Å². The zero-order valence-electron chi connectivity index (χ0n) is 52.9. The highest BCUT2D eigenvalue weighted by Crippen LogP contribution is 2.27. The number of hydrogen-bond donors (Lipinski definition) is 17. The highest BCUT2D eigenvalue weighted by atomic mass is 33.1. The number of aliphatic hydroxyl groups is 1. The summed E-state index contributed by atoms with van der Waals surface area (Å²) in [6.07, 6.45) is 1.71. The Morgan fingerprint density at radius 2 is 1.34 bits per heavy atom. The van der Waals surface area contributed by atoms with Crippen molar-refractivity contribution in [3.63, 3.8) is 0 Å². The van der Waals surface area contributed by atoms with E-state index in [1.54, 1.807) is 27.7 Å². The minimum Gasteiger partial charge on any atom is -0.508 e. The van der Waals surface area contributed by atoms with Gasteiger partial charge in [-0.3, -0.25) is 67.1 Å². The Kier molecular flexibility index (Phi) is 30.0. The number of rotatable bonds is 18. The second-order valence-corrected chi connectivity index (χ2v) is 29.0. The van der Waals surface area contributed by atoms with Crippen LogP contribution in [0.2, 0.25) is 0 Å². The van der Waals surface area contributed by atoms with Crippen molar-refractivity contribution < 1.29 is 77.3 Å². The lowest BCUT2D eigenvalue weighted by atomic mass is 10.0. The second kappa shape index (κ2) is 37.4. The van der Waals surface area contributed by atoms with Crippen LogP contribution < -0.4 is 75.3 Å². The van der Waals surface area contributed by atoms with Gasteiger partial charge in [0.2, 0.25) is 82.7 Å². The van der Waals surface area contributed by atoms with Crippen LogP contribution in [-0.4, -0.2) is 230 Å². The van der Waals surface area contributed by atoms with Crippen molar-refractivity contribution in [3.8, 4) is 5.75 Å². The Morgan fingerprint density at radius 3 is 1.98 bits per heavy atom. The minimum atomic E-state index is -1.60. The van der Waals surface area contributed by atoms with Crippen molar-refractivity contribution in [3.05, 3.63) is 48.0 Å². The van der Waals surface area contributed by atoms with Gasteiger partial charge in [-0.2, -0.15) is 0 Å². The summed E-state index contributed by atoms with van der Waals surface area (Å²) in [5, 5.41) is 52.3. The molecule has 12 atom stereocenters. The maximum atomic E-state index is 15.0. The molecule has 0 unspecified atom stereocenters. The van der Waals surface area contributed by atoms with Crippen LogP contribution in [0.5, 0.6) is 5.75 Å². The summed E-state index contributed by atoms with van der Waals surface area (Å²) in [5.74, 6) is -14.3. The topological polar surface area (TPSA) is 508 Å². The molecule has 0 saturated carbocycles. The van der Waals surface area contributed by atoms with Gasteiger partial charge in [0.25, 0.3) is 0 Å². The molecule has 6 rings (SSSR count). The van der Waals surface area contributed by atoms with Gasteiger partial charge in [-0.05, 0) is 68.2 Å². The summed E-state index contributed by atoms with van der Waals surface area (Å²) in [6, 6.07) is -9.86. The van der Waals surface area contributed by atoms with Crippen LogP contribution in [0.4, 0.5) is 0 Å². The molecule has 33 nitrogen and oxygen atoms in total. The molecular weight excluding hydrogens is 1320 g/mol. The largest absolute Gasteiger partial charge is 0.508 e. The van der Waals surface area contributed by atoms with Crippen LogP contribution in [0.15, 0.2) is 36.8 Å². The van der Waals surface area contributed by atoms with Gasteiger partial charge in [-0.15, -0.1) is 0 Å². The average molecular weight is 1400 g/mol. The molecule has 4 saturated heterocycles. The van der Waals surface area contributed by atoms with E-state index in [1.165, 1.54) is 36.8 Å². The number of nitrogens with one attached hydrogen (secondary N) is 13. The molecule has 4 fully saturated rings. The number of aromatic nitrogens is 2. The Bertz CT molecular complexity index is 3080. The monoisotopic (exact) mass is 1400 g/mol. The molecule has 1 aromatic carbocycles. The maximum Gasteiger partial charge on any atom is 0.246 e. The van der Waals surface area contributed by atoms with Crippen molar-refractivity contribution in [1.29, 1.82) is 0 Å². The number of aromatic hydroxyl groups is 1. The van der Waals surface area contributed by atoms with Gasteiger partial charge >= 0.3 is 0 Å². The lowest BCUT2D eigenvalue weighted by Crippen LogP contribution is -2.61. The molecule has 37 heteroatoms. The predicted molar refractivity (Wildman–Crippen MR) is 351 cm³/mol. The first-order valence-electron chi connectivity index (χ1n) is 31.0. The summed E-state index contributed by atoms with van der Waals surface area (Å²) < 4.78 is 0. The Morgan fingerprint density at radius 1 is 0.695 bits per heavy atom. The number of aromatic amines is 1. The molecule has 522 valence electrons. The highest BCUT2D eigenvalue weighted by molar-refractivity contribution is 8.77. The van der Waals surface area contributed by atoms with E-state index in [9.17, 15) is 77.3 Å². The molecule has 0 radical (unpaired) electrons. The van der Waals surface area contributed by atoms with E-state index in [1.807, 2.05) is 0 Å². The van der Waals surface area contributed by atoms with E-state index < -0.39 is 175 Å². The molecular formula is C58H85N17O16S4. The fourth-order valence-electron chi connectivity index (χ4n) is 10.4. The molecule has 2 aromatic rings. The van der Waals surface area contributed by atoms with E-state index in [2.05, 4.69) is 73.8 Å². The Hall–Kier alpha value is -7.87. The van der Waals surface area contributed by atoms with E-state index in [0.717, 1.165) is 48.1 Å². The van der Waals surface area contributed by atoms with Gasteiger partial charge in [0.05, 0.1) is 25.5 Å². The molecule has 0 spiro atoms. The van der Waals surface area contributed by atoms with Crippen LogP contribution in [0, 0.1) is 11.8 Å². The standard InChI is InChI=1S/C58H85N17O16S4/c1-28(2)15-36-52(85)72-41-25-95-93-24-40(50(83)63-20-45(79)66-37(16-30-8-10-32(76)11-9-30)53(86)67-34(51(84)68-36)7-5-6-14-59)71-55(88)42(73-57(90)47(29(3)4)74-46(80)21-62-49(82)35-12-13-44(78)65-35)26-94-92-23-39(48(60)81)70-56(89)43-18-33(77)22-75(43)58(91)38(69-54(41)87)17-31-19-61-27-64-31/h8-11,19,27-29,33-43,47,76-77H,5-7,12-18,20-26,59H2,1-4H3,(H2,60,81)(H,61,64)(H,62,82)(H,63,83)(H,65,78)(H,66,79)(H,67,86)(H,68,84)(H,69,87)(H,70,89)(H,71,88)(H,72,85)(H,73,90)(H,74,80)/t33-,34+,35+,36+,37+,38+,39-,40+,41+,42-,43+,47+/m1/s1. The van der Waals surface area contributed by atoms with Gasteiger partial charge in [0, 0.05) is 67.1 Å². The third kappa shape index (κ3) is 24.1. The molecule has 5 heterocycles. The summed E-state index contributed by atoms with van der Waals surface area (Å²) in [7, 11) is 3.66. The van der Waals surface area contributed by atoms with Gasteiger partial charge in [0.15, 0.2) is 0 Å². The van der Waals surface area contributed by atoms with Crippen molar-refractivity contribution in [1.82, 2.24) is 78.7 Å². The zero-order valence-corrected chi connectivity index (χ0v) is 56.1. The molecule has 14 amide bonds. The minimum absolute atomic E-state index is 0.00266. The number of fused-ring (bicyclic) bond motifs is 6. The number of phenolic OH excluding ortho intramolecular Hbond substituents is 1. The Balaban J connectivity index is 1.41. The molecule has 95 heavy (non-hydrogen) atoms. The van der Waals surface area contributed by atoms with Crippen LogP contribution in [0.1, 0.15) is 83.9 Å². The number of H-pyrrole nitrogens is 1. The molecule has 4 aliphatic rings. The van der Waals surface area contributed by atoms with E-state index in [4.69, 9.17) is 11.5 Å². The van der Waals surface area contributed by atoms with Crippen molar-refractivity contribution in [2.75, 3.05) is 49.2 Å². The number of unbranched alkanes of at least 4 members (excludes halogenated alkanes) is 1. The van der Waals surface area contributed by atoms with Crippen LogP contribution >= 0.6 is 43.2 Å². The van der Waals surface area contributed by atoms with E-state index in [-0.39, 0.29) is 92.1 Å². The van der Waals surface area contributed by atoms with Crippen molar-refractivity contribution >= 4 is 126 Å². The number of imidazole rings is 1. The summed E-state index contributed by atoms with van der Waals surface area (Å²) >= 11 is 0. The van der Waals surface area contributed by atoms with Gasteiger partial charge in [0.1, 0.15) is 72.2 Å². The van der Waals surface area contributed by atoms with Gasteiger partial charge in [-0.1, -0.05) is 83.0 Å². The number of nitrogens with two attached hydrogens (primary N) is 2. The van der Waals surface area contributed by atoms with Gasteiger partial charge in [-0.25, -0.2) is 4.98 Å².